The number of rotatable bonds is 4. The van der Waals surface area contributed by atoms with E-state index in [9.17, 15) is 9.18 Å². The van der Waals surface area contributed by atoms with Crippen LogP contribution in [0.15, 0.2) is 48.5 Å². The number of Topliss-reactive ketones (excluding diaryl/α,β-unsaturated/α-hetero) is 1. The fourth-order valence-corrected chi connectivity index (χ4v) is 1.75. The number of ketones is 1. The van der Waals surface area contributed by atoms with Crippen molar-refractivity contribution in [2.24, 2.45) is 0 Å². The molecule has 20 heavy (non-hydrogen) atoms. The fraction of sp³-hybridized carbons (Fsp3) is 0.125. The Bertz CT molecular complexity index is 662. The van der Waals surface area contributed by atoms with E-state index in [1.54, 1.807) is 37.3 Å². The van der Waals surface area contributed by atoms with Gasteiger partial charge in [0.25, 0.3) is 0 Å². The van der Waals surface area contributed by atoms with Crippen LogP contribution in [0.5, 0.6) is 5.75 Å². The summed E-state index contributed by atoms with van der Waals surface area (Å²) in [5, 5.41) is 8.64. The highest BCUT2D eigenvalue weighted by Gasteiger charge is 2.17. The topological polar surface area (TPSA) is 50.1 Å². The molecule has 0 aliphatic heterocycles. The van der Waals surface area contributed by atoms with Crippen molar-refractivity contribution in [1.82, 2.24) is 0 Å². The van der Waals surface area contributed by atoms with E-state index < -0.39 is 11.9 Å². The van der Waals surface area contributed by atoms with E-state index >= 15 is 0 Å². The number of carbonyl (C=O) groups is 1. The largest absolute Gasteiger partial charge is 0.482 e. The lowest BCUT2D eigenvalue weighted by Gasteiger charge is -2.13. The molecule has 0 bridgehead atoms. The van der Waals surface area contributed by atoms with E-state index in [0.29, 0.717) is 5.56 Å². The van der Waals surface area contributed by atoms with Crippen LogP contribution >= 0.6 is 0 Å². The molecule has 0 fully saturated rings. The number of halogens is 1. The first kappa shape index (κ1) is 13.8. The van der Waals surface area contributed by atoms with Crippen molar-refractivity contribution in [2.45, 2.75) is 13.0 Å². The van der Waals surface area contributed by atoms with Crippen molar-refractivity contribution in [2.75, 3.05) is 0 Å². The molecule has 0 amide bonds. The molecule has 100 valence electrons. The zero-order valence-corrected chi connectivity index (χ0v) is 10.8. The summed E-state index contributed by atoms with van der Waals surface area (Å²) in [7, 11) is 0. The molecule has 1 unspecified atom stereocenters. The molecule has 4 heteroatoms. The summed E-state index contributed by atoms with van der Waals surface area (Å²) in [6.07, 6.45) is -0.732. The standard InChI is InChI=1S/C16H12FNO2/c1-11(16(19)12-5-3-2-4-6-12)20-14-8-7-13(10-18)15(17)9-14/h2-9,11H,1H3. The molecule has 3 nitrogen and oxygen atoms in total. The number of carbonyl (C=O) groups excluding carboxylic acids is 1. The van der Waals surface area contributed by atoms with Crippen LogP contribution in [0.2, 0.25) is 0 Å². The lowest BCUT2D eigenvalue weighted by atomic mass is 10.1. The number of hydrogen-bond acceptors (Lipinski definition) is 3. The molecule has 0 heterocycles. The summed E-state index contributed by atoms with van der Waals surface area (Å²) in [4.78, 5) is 12.1. The molecular weight excluding hydrogens is 257 g/mol. The van der Waals surface area contributed by atoms with Gasteiger partial charge in [-0.3, -0.25) is 4.79 Å². The minimum absolute atomic E-state index is 0.0561. The number of nitrogens with zero attached hydrogens (tertiary/aromatic N) is 1. The van der Waals surface area contributed by atoms with Crippen LogP contribution in [0.4, 0.5) is 4.39 Å². The van der Waals surface area contributed by atoms with Crippen molar-refractivity contribution < 1.29 is 13.9 Å². The van der Waals surface area contributed by atoms with E-state index in [-0.39, 0.29) is 17.1 Å². The third-order valence-electron chi connectivity index (χ3n) is 2.80. The molecule has 0 saturated heterocycles. The van der Waals surface area contributed by atoms with Gasteiger partial charge in [0, 0.05) is 11.6 Å². The van der Waals surface area contributed by atoms with Crippen molar-refractivity contribution in [3.05, 3.63) is 65.5 Å². The first-order valence-corrected chi connectivity index (χ1v) is 6.07. The Kier molecular flexibility index (Phi) is 4.11. The number of nitriles is 1. The summed E-state index contributed by atoms with van der Waals surface area (Å²) in [5.74, 6) is -0.627. The van der Waals surface area contributed by atoms with E-state index in [1.807, 2.05) is 6.07 Å². The van der Waals surface area contributed by atoms with Gasteiger partial charge in [0.2, 0.25) is 5.78 Å². The van der Waals surface area contributed by atoms with Gasteiger partial charge in [0.05, 0.1) is 5.56 Å². The molecule has 1 atom stereocenters. The predicted octanol–water partition coefficient (Wildman–Crippen LogP) is 3.35. The Morgan fingerprint density at radius 1 is 1.25 bits per heavy atom. The summed E-state index contributed by atoms with van der Waals surface area (Å²) < 4.78 is 18.8. The van der Waals surface area contributed by atoms with Gasteiger partial charge >= 0.3 is 0 Å². The van der Waals surface area contributed by atoms with Crippen molar-refractivity contribution in [1.29, 1.82) is 5.26 Å². The van der Waals surface area contributed by atoms with Crippen LogP contribution in [0, 0.1) is 17.1 Å². The van der Waals surface area contributed by atoms with Crippen LogP contribution in [-0.2, 0) is 0 Å². The van der Waals surface area contributed by atoms with Crippen molar-refractivity contribution >= 4 is 5.78 Å². The summed E-state index contributed by atoms with van der Waals surface area (Å²) in [6, 6.07) is 14.4. The average Bonchev–Trinajstić information content (AvgIpc) is 2.47. The Morgan fingerprint density at radius 3 is 2.55 bits per heavy atom. The molecule has 0 aromatic heterocycles. The maximum absolute atomic E-state index is 13.4. The van der Waals surface area contributed by atoms with Gasteiger partial charge in [0.15, 0.2) is 6.10 Å². The maximum Gasteiger partial charge on any atom is 0.202 e. The minimum atomic E-state index is -0.732. The lowest BCUT2D eigenvalue weighted by Crippen LogP contribution is -2.23. The van der Waals surface area contributed by atoms with Gasteiger partial charge in [-0.25, -0.2) is 4.39 Å². The second-order valence-corrected chi connectivity index (χ2v) is 4.24. The molecule has 0 aliphatic carbocycles. The number of ether oxygens (including phenoxy) is 1. The van der Waals surface area contributed by atoms with Crippen LogP contribution in [-0.4, -0.2) is 11.9 Å². The molecule has 0 spiro atoms. The van der Waals surface area contributed by atoms with Crippen molar-refractivity contribution in [3.63, 3.8) is 0 Å². The minimum Gasteiger partial charge on any atom is -0.482 e. The second-order valence-electron chi connectivity index (χ2n) is 4.24. The first-order chi connectivity index (χ1) is 9.61. The highest BCUT2D eigenvalue weighted by atomic mass is 19.1. The number of benzene rings is 2. The van der Waals surface area contributed by atoms with E-state index in [0.717, 1.165) is 6.07 Å². The Balaban J connectivity index is 2.12. The predicted molar refractivity (Wildman–Crippen MR) is 72.0 cm³/mol. The Hall–Kier alpha value is -2.67. The monoisotopic (exact) mass is 269 g/mol. The van der Waals surface area contributed by atoms with Crippen LogP contribution in [0.25, 0.3) is 0 Å². The van der Waals surface area contributed by atoms with Gasteiger partial charge < -0.3 is 4.74 Å². The van der Waals surface area contributed by atoms with Gasteiger partial charge in [0.1, 0.15) is 17.6 Å². The highest BCUT2D eigenvalue weighted by molar-refractivity contribution is 5.99. The third-order valence-corrected chi connectivity index (χ3v) is 2.80. The van der Waals surface area contributed by atoms with Crippen LogP contribution < -0.4 is 4.74 Å². The van der Waals surface area contributed by atoms with E-state index in [2.05, 4.69) is 0 Å². The normalized spacial score (nSPS) is 11.4. The lowest BCUT2D eigenvalue weighted by molar-refractivity contribution is 0.0817. The highest BCUT2D eigenvalue weighted by Crippen LogP contribution is 2.18. The number of hydrogen-bond donors (Lipinski definition) is 0. The molecule has 2 aromatic carbocycles. The molecule has 0 N–H and O–H groups in total. The Morgan fingerprint density at radius 2 is 1.95 bits per heavy atom. The zero-order chi connectivity index (χ0) is 14.5. The zero-order valence-electron chi connectivity index (χ0n) is 10.8. The molecule has 0 aliphatic rings. The third kappa shape index (κ3) is 3.01. The molecule has 0 saturated carbocycles. The van der Waals surface area contributed by atoms with Crippen LogP contribution in [0.1, 0.15) is 22.8 Å². The van der Waals surface area contributed by atoms with Gasteiger partial charge in [-0.2, -0.15) is 5.26 Å². The SMILES string of the molecule is CC(Oc1ccc(C#N)c(F)c1)C(=O)c1ccccc1. The van der Waals surface area contributed by atoms with Gasteiger partial charge in [-0.1, -0.05) is 30.3 Å². The molecule has 2 aromatic rings. The average molecular weight is 269 g/mol. The maximum atomic E-state index is 13.4. The quantitative estimate of drug-likeness (QED) is 0.800. The van der Waals surface area contributed by atoms with Gasteiger partial charge in [-0.15, -0.1) is 0 Å². The molecule has 0 radical (unpaired) electrons. The van der Waals surface area contributed by atoms with Crippen LogP contribution in [0.3, 0.4) is 0 Å². The second kappa shape index (κ2) is 5.98. The smallest absolute Gasteiger partial charge is 0.202 e. The summed E-state index contributed by atoms with van der Waals surface area (Å²) in [5.41, 5.74) is 0.480. The summed E-state index contributed by atoms with van der Waals surface area (Å²) in [6.45, 7) is 1.60. The Labute approximate surface area is 116 Å². The fourth-order valence-electron chi connectivity index (χ4n) is 1.75. The first-order valence-electron chi connectivity index (χ1n) is 6.07. The van der Waals surface area contributed by atoms with Crippen molar-refractivity contribution in [3.8, 4) is 11.8 Å². The van der Waals surface area contributed by atoms with Gasteiger partial charge in [-0.05, 0) is 19.1 Å². The molecule has 2 rings (SSSR count). The van der Waals surface area contributed by atoms with E-state index in [1.165, 1.54) is 12.1 Å². The molecular formula is C16H12FNO2. The summed E-state index contributed by atoms with van der Waals surface area (Å²) >= 11 is 0. The van der Waals surface area contributed by atoms with E-state index in [4.69, 9.17) is 10.00 Å².